The van der Waals surface area contributed by atoms with Crippen LogP contribution in [0.3, 0.4) is 0 Å². The Balaban J connectivity index is 1.73. The average Bonchev–Trinajstić information content (AvgIpc) is 3.17. The lowest BCUT2D eigenvalue weighted by Crippen LogP contribution is -2.05. The number of rotatable bonds is 5. The van der Waals surface area contributed by atoms with Crippen molar-refractivity contribution in [2.24, 2.45) is 0 Å². The molecule has 21 heavy (non-hydrogen) atoms. The molecule has 0 saturated heterocycles. The molecule has 3 aromatic rings. The number of para-hydroxylation sites is 1. The van der Waals surface area contributed by atoms with Gasteiger partial charge in [0, 0.05) is 11.8 Å². The summed E-state index contributed by atoms with van der Waals surface area (Å²) in [6.45, 7) is 4.18. The van der Waals surface area contributed by atoms with Crippen LogP contribution in [0.1, 0.15) is 30.5 Å². The van der Waals surface area contributed by atoms with Crippen molar-refractivity contribution in [3.8, 4) is 5.69 Å². The van der Waals surface area contributed by atoms with E-state index in [1.807, 2.05) is 47.4 Å². The fourth-order valence-electron chi connectivity index (χ4n) is 2.01. The minimum atomic E-state index is 0.139. The first-order valence-corrected chi connectivity index (χ1v) is 7.77. The number of nitrogens with one attached hydrogen (secondary N) is 1. The maximum atomic E-state index is 4.41. The number of aryl methyl sites for hydroxylation is 1. The third-order valence-electron chi connectivity index (χ3n) is 3.23. The highest BCUT2D eigenvalue weighted by atomic mass is 32.1. The van der Waals surface area contributed by atoms with Gasteiger partial charge >= 0.3 is 0 Å². The van der Waals surface area contributed by atoms with E-state index >= 15 is 0 Å². The third-order valence-corrected chi connectivity index (χ3v) is 4.23. The van der Waals surface area contributed by atoms with Crippen LogP contribution in [0.2, 0.25) is 0 Å². The van der Waals surface area contributed by atoms with Crippen LogP contribution >= 0.6 is 11.3 Å². The number of hydrogen-bond acceptors (Lipinski definition) is 5. The van der Waals surface area contributed by atoms with Gasteiger partial charge < -0.3 is 5.32 Å². The summed E-state index contributed by atoms with van der Waals surface area (Å²) < 4.78 is 1.88. The number of benzene rings is 1. The molecule has 108 valence electrons. The van der Waals surface area contributed by atoms with Crippen LogP contribution < -0.4 is 5.32 Å². The topological polar surface area (TPSA) is 55.6 Å². The average molecular weight is 299 g/mol. The second kappa shape index (κ2) is 6.05. The van der Waals surface area contributed by atoms with Crippen LogP contribution in [0.25, 0.3) is 5.69 Å². The monoisotopic (exact) mass is 299 g/mol. The molecule has 0 aliphatic carbocycles. The van der Waals surface area contributed by atoms with E-state index < -0.39 is 0 Å². The Morgan fingerprint density at radius 3 is 2.76 bits per heavy atom. The lowest BCUT2D eigenvalue weighted by atomic mass is 10.2. The van der Waals surface area contributed by atoms with E-state index in [0.29, 0.717) is 0 Å². The van der Waals surface area contributed by atoms with Crippen molar-refractivity contribution in [1.82, 2.24) is 20.0 Å². The third kappa shape index (κ3) is 3.11. The van der Waals surface area contributed by atoms with E-state index in [1.54, 1.807) is 11.3 Å². The lowest BCUT2D eigenvalue weighted by Gasteiger charge is -2.09. The first-order chi connectivity index (χ1) is 10.3. The molecule has 0 aliphatic heterocycles. The van der Waals surface area contributed by atoms with Crippen LogP contribution in [0.5, 0.6) is 0 Å². The predicted octanol–water partition coefficient (Wildman–Crippen LogP) is 3.46. The van der Waals surface area contributed by atoms with Gasteiger partial charge in [0.1, 0.15) is 5.01 Å². The summed E-state index contributed by atoms with van der Waals surface area (Å²) in [6.07, 6.45) is 4.83. The van der Waals surface area contributed by atoms with E-state index in [9.17, 15) is 0 Å². The summed E-state index contributed by atoms with van der Waals surface area (Å²) >= 11 is 1.60. The molecule has 2 heterocycles. The summed E-state index contributed by atoms with van der Waals surface area (Å²) in [5, 5.41) is 18.0. The van der Waals surface area contributed by atoms with Crippen molar-refractivity contribution in [3.63, 3.8) is 0 Å². The molecule has 2 aromatic heterocycles. The Kier molecular flexibility index (Phi) is 3.96. The normalized spacial score (nSPS) is 12.3. The van der Waals surface area contributed by atoms with Gasteiger partial charge in [-0.25, -0.2) is 4.68 Å². The summed E-state index contributed by atoms with van der Waals surface area (Å²) in [6, 6.07) is 10.2. The first kappa shape index (κ1) is 13.8. The molecule has 0 fully saturated rings. The molecule has 0 aliphatic rings. The summed E-state index contributed by atoms with van der Waals surface area (Å²) in [5.41, 5.74) is 2.17. The molecule has 0 bridgehead atoms. The molecule has 0 saturated carbocycles. The highest BCUT2D eigenvalue weighted by molar-refractivity contribution is 7.15. The van der Waals surface area contributed by atoms with E-state index in [1.165, 1.54) is 0 Å². The number of nitrogens with zero attached hydrogens (tertiary/aromatic N) is 4. The quantitative estimate of drug-likeness (QED) is 0.784. The van der Waals surface area contributed by atoms with Crippen LogP contribution in [-0.4, -0.2) is 20.0 Å². The fourth-order valence-corrected chi connectivity index (χ4v) is 2.77. The van der Waals surface area contributed by atoms with Crippen molar-refractivity contribution < 1.29 is 0 Å². The zero-order valence-electron chi connectivity index (χ0n) is 12.0. The van der Waals surface area contributed by atoms with Gasteiger partial charge in [-0.3, -0.25) is 0 Å². The lowest BCUT2D eigenvalue weighted by molar-refractivity contribution is 0.861. The Hall–Kier alpha value is -2.21. The Labute approximate surface area is 127 Å². The molecule has 0 amide bonds. The van der Waals surface area contributed by atoms with Gasteiger partial charge in [0.25, 0.3) is 0 Å². The highest BCUT2D eigenvalue weighted by Crippen LogP contribution is 2.22. The molecule has 1 N–H and O–H groups in total. The van der Waals surface area contributed by atoms with Gasteiger partial charge in [-0.05, 0) is 25.5 Å². The van der Waals surface area contributed by atoms with Crippen molar-refractivity contribution >= 4 is 16.5 Å². The van der Waals surface area contributed by atoms with Crippen LogP contribution in [0.15, 0.2) is 42.7 Å². The molecular weight excluding hydrogens is 282 g/mol. The van der Waals surface area contributed by atoms with Gasteiger partial charge in [0.2, 0.25) is 5.13 Å². The van der Waals surface area contributed by atoms with E-state index in [-0.39, 0.29) is 6.04 Å². The summed E-state index contributed by atoms with van der Waals surface area (Å²) in [4.78, 5) is 0. The van der Waals surface area contributed by atoms with Gasteiger partial charge in [0.05, 0.1) is 17.9 Å². The SMILES string of the molecule is CCc1nnc(NC(C)c2cnn(-c3ccccc3)c2)s1. The second-order valence-electron chi connectivity index (χ2n) is 4.77. The van der Waals surface area contributed by atoms with Crippen molar-refractivity contribution in [3.05, 3.63) is 53.3 Å². The smallest absolute Gasteiger partial charge is 0.206 e. The predicted molar refractivity (Wildman–Crippen MR) is 84.9 cm³/mol. The van der Waals surface area contributed by atoms with Gasteiger partial charge in [0.15, 0.2) is 0 Å². The Morgan fingerprint density at radius 2 is 2.05 bits per heavy atom. The zero-order chi connectivity index (χ0) is 14.7. The van der Waals surface area contributed by atoms with Gasteiger partial charge in [-0.15, -0.1) is 10.2 Å². The minimum absolute atomic E-state index is 0.139. The van der Waals surface area contributed by atoms with Gasteiger partial charge in [-0.2, -0.15) is 5.10 Å². The van der Waals surface area contributed by atoms with Crippen LogP contribution in [0.4, 0.5) is 5.13 Å². The molecule has 1 unspecified atom stereocenters. The first-order valence-electron chi connectivity index (χ1n) is 6.95. The number of hydrogen-bond donors (Lipinski definition) is 1. The molecule has 1 atom stereocenters. The molecule has 3 rings (SSSR count). The summed E-state index contributed by atoms with van der Waals surface area (Å²) in [7, 11) is 0. The second-order valence-corrected chi connectivity index (χ2v) is 5.84. The number of anilines is 1. The summed E-state index contributed by atoms with van der Waals surface area (Å²) in [5.74, 6) is 0. The molecule has 0 spiro atoms. The fraction of sp³-hybridized carbons (Fsp3) is 0.267. The molecule has 0 radical (unpaired) electrons. The maximum absolute atomic E-state index is 4.41. The van der Waals surface area contributed by atoms with E-state index in [2.05, 4.69) is 34.5 Å². The van der Waals surface area contributed by atoms with Crippen LogP contribution in [0, 0.1) is 0 Å². The van der Waals surface area contributed by atoms with Gasteiger partial charge in [-0.1, -0.05) is 36.5 Å². The molecule has 5 nitrogen and oxygen atoms in total. The van der Waals surface area contributed by atoms with E-state index in [4.69, 9.17) is 0 Å². The van der Waals surface area contributed by atoms with Crippen molar-refractivity contribution in [2.45, 2.75) is 26.3 Å². The number of aromatic nitrogens is 4. The van der Waals surface area contributed by atoms with E-state index in [0.717, 1.165) is 27.8 Å². The molecular formula is C15H17N5S. The standard InChI is InChI=1S/C15H17N5S/c1-3-14-18-19-15(21-14)17-11(2)12-9-16-20(10-12)13-7-5-4-6-8-13/h4-11H,3H2,1-2H3,(H,17,19). The molecule has 1 aromatic carbocycles. The highest BCUT2D eigenvalue weighted by Gasteiger charge is 2.11. The van der Waals surface area contributed by atoms with Crippen molar-refractivity contribution in [1.29, 1.82) is 0 Å². The van der Waals surface area contributed by atoms with Crippen LogP contribution in [-0.2, 0) is 6.42 Å². The zero-order valence-corrected chi connectivity index (χ0v) is 12.8. The Morgan fingerprint density at radius 1 is 1.24 bits per heavy atom. The largest absolute Gasteiger partial charge is 0.353 e. The Bertz CT molecular complexity index is 704. The molecule has 6 heteroatoms. The maximum Gasteiger partial charge on any atom is 0.206 e. The minimum Gasteiger partial charge on any atom is -0.353 e. The van der Waals surface area contributed by atoms with Crippen molar-refractivity contribution in [2.75, 3.05) is 5.32 Å².